The number of imidazole rings is 1. The van der Waals surface area contributed by atoms with E-state index in [1.807, 2.05) is 24.5 Å². The first-order chi connectivity index (χ1) is 10.2. The van der Waals surface area contributed by atoms with E-state index in [1.54, 1.807) is 0 Å². The highest BCUT2D eigenvalue weighted by Gasteiger charge is 2.18. The van der Waals surface area contributed by atoms with E-state index in [0.29, 0.717) is 5.75 Å². The third-order valence-electron chi connectivity index (χ3n) is 4.10. The van der Waals surface area contributed by atoms with Crippen molar-refractivity contribution in [3.8, 4) is 5.75 Å². The van der Waals surface area contributed by atoms with E-state index in [9.17, 15) is 5.11 Å². The summed E-state index contributed by atoms with van der Waals surface area (Å²) in [5.41, 5.74) is 1.99. The average Bonchev–Trinajstić information content (AvgIpc) is 2.94. The number of nitrogens with one attached hydrogen (secondary N) is 1. The summed E-state index contributed by atoms with van der Waals surface area (Å²) < 4.78 is 2.18. The fourth-order valence-corrected chi connectivity index (χ4v) is 2.90. The van der Waals surface area contributed by atoms with E-state index in [-0.39, 0.29) is 6.04 Å². The molecule has 1 unspecified atom stereocenters. The Morgan fingerprint density at radius 2 is 2.24 bits per heavy atom. The van der Waals surface area contributed by atoms with Gasteiger partial charge in [-0.3, -0.25) is 0 Å². The van der Waals surface area contributed by atoms with Gasteiger partial charge in [0.15, 0.2) is 0 Å². The van der Waals surface area contributed by atoms with Crippen molar-refractivity contribution in [1.29, 1.82) is 0 Å². The highest BCUT2D eigenvalue weighted by atomic mass is 16.3. The number of hydrogen-bond donors (Lipinski definition) is 2. The number of benzene rings is 1. The molecule has 21 heavy (non-hydrogen) atoms. The predicted molar refractivity (Wildman–Crippen MR) is 83.5 cm³/mol. The smallest absolute Gasteiger partial charge is 0.128 e. The number of rotatable bonds is 4. The van der Waals surface area contributed by atoms with Gasteiger partial charge >= 0.3 is 0 Å². The SMILES string of the molecule is CCNC(C)c1ccc(N2CCn3ccnc3C2)cc1O. The second-order valence-corrected chi connectivity index (χ2v) is 5.48. The average molecular weight is 286 g/mol. The molecule has 0 fully saturated rings. The number of hydrogen-bond acceptors (Lipinski definition) is 4. The minimum absolute atomic E-state index is 0.157. The van der Waals surface area contributed by atoms with Crippen molar-refractivity contribution in [3.63, 3.8) is 0 Å². The number of phenolic OH excluding ortho intramolecular Hbond substituents is 1. The van der Waals surface area contributed by atoms with Crippen LogP contribution in [-0.4, -0.2) is 27.7 Å². The number of nitrogens with zero attached hydrogens (tertiary/aromatic N) is 3. The number of anilines is 1. The van der Waals surface area contributed by atoms with E-state index in [2.05, 4.69) is 39.7 Å². The van der Waals surface area contributed by atoms with Crippen LogP contribution in [0.15, 0.2) is 30.6 Å². The molecule has 2 N–H and O–H groups in total. The normalized spacial score (nSPS) is 15.8. The van der Waals surface area contributed by atoms with E-state index in [1.165, 1.54) is 0 Å². The van der Waals surface area contributed by atoms with E-state index >= 15 is 0 Å². The van der Waals surface area contributed by atoms with Gasteiger partial charge in [0.05, 0.1) is 6.54 Å². The van der Waals surface area contributed by atoms with Gasteiger partial charge in [0.1, 0.15) is 11.6 Å². The van der Waals surface area contributed by atoms with Gasteiger partial charge in [0, 0.05) is 48.8 Å². The summed E-state index contributed by atoms with van der Waals surface area (Å²) in [4.78, 5) is 6.63. The Morgan fingerprint density at radius 3 is 3.00 bits per heavy atom. The molecule has 5 nitrogen and oxygen atoms in total. The minimum atomic E-state index is 0.157. The van der Waals surface area contributed by atoms with Crippen LogP contribution >= 0.6 is 0 Å². The molecule has 0 spiro atoms. The van der Waals surface area contributed by atoms with Crippen molar-refractivity contribution >= 4 is 5.69 Å². The molecule has 0 radical (unpaired) electrons. The van der Waals surface area contributed by atoms with Crippen molar-refractivity contribution in [1.82, 2.24) is 14.9 Å². The number of aromatic nitrogens is 2. The minimum Gasteiger partial charge on any atom is -0.508 e. The first-order valence-electron chi connectivity index (χ1n) is 7.50. The monoisotopic (exact) mass is 286 g/mol. The summed E-state index contributed by atoms with van der Waals surface area (Å²) in [6.45, 7) is 7.68. The highest BCUT2D eigenvalue weighted by Crippen LogP contribution is 2.30. The van der Waals surface area contributed by atoms with Gasteiger partial charge in [0.2, 0.25) is 0 Å². The zero-order chi connectivity index (χ0) is 14.8. The second-order valence-electron chi connectivity index (χ2n) is 5.48. The largest absolute Gasteiger partial charge is 0.508 e. The molecule has 0 aliphatic carbocycles. The zero-order valence-corrected chi connectivity index (χ0v) is 12.6. The second kappa shape index (κ2) is 5.77. The zero-order valence-electron chi connectivity index (χ0n) is 12.6. The van der Waals surface area contributed by atoms with Crippen molar-refractivity contribution in [3.05, 3.63) is 42.0 Å². The van der Waals surface area contributed by atoms with Gasteiger partial charge in [-0.2, -0.15) is 0 Å². The van der Waals surface area contributed by atoms with Crippen LogP contribution in [0.25, 0.3) is 0 Å². The summed E-state index contributed by atoms with van der Waals surface area (Å²) in [7, 11) is 0. The van der Waals surface area contributed by atoms with Gasteiger partial charge in [-0.15, -0.1) is 0 Å². The molecule has 1 aromatic carbocycles. The number of aromatic hydroxyl groups is 1. The molecule has 1 aromatic heterocycles. The summed E-state index contributed by atoms with van der Waals surface area (Å²) in [5, 5.41) is 13.6. The fraction of sp³-hybridized carbons (Fsp3) is 0.438. The lowest BCUT2D eigenvalue weighted by Crippen LogP contribution is -2.33. The van der Waals surface area contributed by atoms with Crippen molar-refractivity contribution in [2.75, 3.05) is 18.0 Å². The standard InChI is InChI=1S/C16H22N4O/c1-3-17-12(2)14-5-4-13(10-15(14)21)20-9-8-19-7-6-18-16(19)11-20/h4-7,10,12,17,21H,3,8-9,11H2,1-2H3. The predicted octanol–water partition coefficient (Wildman–Crippen LogP) is 2.28. The maximum atomic E-state index is 10.3. The molecular formula is C16H22N4O. The molecule has 5 heteroatoms. The quantitative estimate of drug-likeness (QED) is 0.905. The highest BCUT2D eigenvalue weighted by molar-refractivity contribution is 5.54. The summed E-state index contributed by atoms with van der Waals surface area (Å²) in [6, 6.07) is 6.12. The first-order valence-corrected chi connectivity index (χ1v) is 7.50. The summed E-state index contributed by atoms with van der Waals surface area (Å²) in [5.74, 6) is 1.43. The van der Waals surface area contributed by atoms with E-state index in [0.717, 1.165) is 43.3 Å². The molecule has 3 rings (SSSR count). The Labute approximate surface area is 125 Å². The Bertz CT molecular complexity index is 622. The van der Waals surface area contributed by atoms with Crippen LogP contribution < -0.4 is 10.2 Å². The van der Waals surface area contributed by atoms with Gasteiger partial charge in [0.25, 0.3) is 0 Å². The van der Waals surface area contributed by atoms with Crippen molar-refractivity contribution < 1.29 is 5.11 Å². The molecular weight excluding hydrogens is 264 g/mol. The first kappa shape index (κ1) is 13.9. The Kier molecular flexibility index (Phi) is 3.84. The van der Waals surface area contributed by atoms with Gasteiger partial charge < -0.3 is 19.9 Å². The molecule has 2 aromatic rings. The molecule has 1 aliphatic heterocycles. The molecule has 2 heterocycles. The molecule has 112 valence electrons. The van der Waals surface area contributed by atoms with Crippen LogP contribution in [0, 0.1) is 0 Å². The number of phenols is 1. The van der Waals surface area contributed by atoms with Crippen LogP contribution in [0.1, 0.15) is 31.3 Å². The molecule has 0 bridgehead atoms. The summed E-state index contributed by atoms with van der Waals surface area (Å²) in [6.07, 6.45) is 3.86. The van der Waals surface area contributed by atoms with Crippen LogP contribution in [0.3, 0.4) is 0 Å². The van der Waals surface area contributed by atoms with E-state index < -0.39 is 0 Å². The Balaban J connectivity index is 1.80. The fourth-order valence-electron chi connectivity index (χ4n) is 2.90. The summed E-state index contributed by atoms with van der Waals surface area (Å²) >= 11 is 0. The van der Waals surface area contributed by atoms with Crippen molar-refractivity contribution in [2.24, 2.45) is 0 Å². The lowest BCUT2D eigenvalue weighted by molar-refractivity contribution is 0.454. The molecule has 0 saturated heterocycles. The Morgan fingerprint density at radius 1 is 1.38 bits per heavy atom. The van der Waals surface area contributed by atoms with Crippen LogP contribution in [-0.2, 0) is 13.1 Å². The molecule has 0 saturated carbocycles. The van der Waals surface area contributed by atoms with E-state index in [4.69, 9.17) is 0 Å². The molecule has 1 aliphatic rings. The molecule has 0 amide bonds. The Hall–Kier alpha value is -2.01. The maximum Gasteiger partial charge on any atom is 0.128 e. The topological polar surface area (TPSA) is 53.3 Å². The van der Waals surface area contributed by atoms with Gasteiger partial charge in [-0.1, -0.05) is 13.0 Å². The van der Waals surface area contributed by atoms with Crippen molar-refractivity contribution in [2.45, 2.75) is 33.0 Å². The number of fused-ring (bicyclic) bond motifs is 1. The van der Waals surface area contributed by atoms with Crippen LogP contribution in [0.2, 0.25) is 0 Å². The van der Waals surface area contributed by atoms with Gasteiger partial charge in [-0.05, 0) is 19.5 Å². The van der Waals surface area contributed by atoms with Crippen LogP contribution in [0.4, 0.5) is 5.69 Å². The third kappa shape index (κ3) is 2.74. The maximum absolute atomic E-state index is 10.3. The lowest BCUT2D eigenvalue weighted by Gasteiger charge is -2.30. The lowest BCUT2D eigenvalue weighted by atomic mass is 10.1. The van der Waals surface area contributed by atoms with Crippen LogP contribution in [0.5, 0.6) is 5.75 Å². The molecule has 1 atom stereocenters. The third-order valence-corrected chi connectivity index (χ3v) is 4.10. The van der Waals surface area contributed by atoms with Gasteiger partial charge in [-0.25, -0.2) is 4.98 Å².